The number of ether oxygens (including phenoxy) is 2. The fraction of sp³-hybridized carbons (Fsp3) is 0.483. The molecule has 0 radical (unpaired) electrons. The molecular formula is C29H35ClN4O4. The Kier molecular flexibility index (Phi) is 8.02. The summed E-state index contributed by atoms with van der Waals surface area (Å²) >= 11 is 6.23. The molecule has 0 N–H and O–H groups in total. The Labute approximate surface area is 228 Å². The number of hydrogen-bond donors (Lipinski definition) is 0. The lowest BCUT2D eigenvalue weighted by atomic mass is 10.1. The van der Waals surface area contributed by atoms with Crippen LogP contribution in [0.1, 0.15) is 44.5 Å². The average molecular weight is 539 g/mol. The number of Topliss-reactive ketones (excluding diaryl/α,β-unsaturated/α-hetero) is 1. The highest BCUT2D eigenvalue weighted by Crippen LogP contribution is 2.30. The maximum Gasteiger partial charge on any atom is 0.355 e. The molecule has 8 nitrogen and oxygen atoms in total. The fourth-order valence-corrected chi connectivity index (χ4v) is 5.85. The Bertz CT molecular complexity index is 1350. The Hall–Kier alpha value is -2.94. The van der Waals surface area contributed by atoms with Gasteiger partial charge in [0.15, 0.2) is 0 Å². The predicted molar refractivity (Wildman–Crippen MR) is 147 cm³/mol. The number of aromatic nitrogens is 3. The van der Waals surface area contributed by atoms with Crippen LogP contribution in [-0.4, -0.2) is 64.0 Å². The first-order valence-electron chi connectivity index (χ1n) is 13.3. The third kappa shape index (κ3) is 5.58. The standard InChI is InChI=1S/C29H35ClN4O4/c1-19(2)13-26(35)16-28-31-34(29(36)33(28)22-6-4-5-21(30)14-22)23-8-7-20(27(15-23)37-3)11-12-32-24-9-10-25(32)18-38-17-24/h4-8,14-15,19,24-25H,9-13,16-18H2,1-3H3. The summed E-state index contributed by atoms with van der Waals surface area (Å²) in [4.78, 5) is 28.9. The van der Waals surface area contributed by atoms with E-state index < -0.39 is 0 Å². The molecule has 2 unspecified atom stereocenters. The molecule has 0 spiro atoms. The number of benzene rings is 2. The first-order valence-corrected chi connectivity index (χ1v) is 13.7. The number of fused-ring (bicyclic) bond motifs is 2. The summed E-state index contributed by atoms with van der Waals surface area (Å²) in [6.45, 7) is 6.57. The second-order valence-electron chi connectivity index (χ2n) is 10.6. The molecule has 2 aliphatic rings. The Morgan fingerprint density at radius 1 is 1.13 bits per heavy atom. The molecule has 2 saturated heterocycles. The third-order valence-corrected chi connectivity index (χ3v) is 7.68. The van der Waals surface area contributed by atoms with Gasteiger partial charge in [-0.1, -0.05) is 37.6 Å². The molecule has 5 rings (SSSR count). The minimum atomic E-state index is -0.362. The first kappa shape index (κ1) is 26.7. The zero-order valence-corrected chi connectivity index (χ0v) is 23.0. The number of hydrogen-bond acceptors (Lipinski definition) is 6. The van der Waals surface area contributed by atoms with E-state index in [-0.39, 0.29) is 23.8 Å². The van der Waals surface area contributed by atoms with Crippen LogP contribution >= 0.6 is 11.6 Å². The minimum absolute atomic E-state index is 0.0328. The lowest BCUT2D eigenvalue weighted by Gasteiger charge is -2.34. The molecule has 2 aromatic carbocycles. The number of nitrogens with zero attached hydrogens (tertiary/aromatic N) is 4. The Balaban J connectivity index is 1.45. The van der Waals surface area contributed by atoms with Gasteiger partial charge < -0.3 is 9.47 Å². The molecular weight excluding hydrogens is 504 g/mol. The van der Waals surface area contributed by atoms with Crippen molar-refractivity contribution < 1.29 is 14.3 Å². The molecule has 2 atom stereocenters. The van der Waals surface area contributed by atoms with E-state index in [1.165, 1.54) is 22.1 Å². The molecule has 0 aliphatic carbocycles. The molecule has 2 aliphatic heterocycles. The van der Waals surface area contributed by atoms with Crippen molar-refractivity contribution in [3.63, 3.8) is 0 Å². The van der Waals surface area contributed by atoms with Crippen molar-refractivity contribution in [2.24, 2.45) is 5.92 Å². The van der Waals surface area contributed by atoms with E-state index in [1.54, 1.807) is 31.4 Å². The largest absolute Gasteiger partial charge is 0.496 e. The molecule has 0 saturated carbocycles. The van der Waals surface area contributed by atoms with Crippen molar-refractivity contribution in [3.05, 3.63) is 69.4 Å². The van der Waals surface area contributed by atoms with Crippen molar-refractivity contribution in [2.75, 3.05) is 26.9 Å². The number of carbonyl (C=O) groups is 1. The molecule has 2 fully saturated rings. The summed E-state index contributed by atoms with van der Waals surface area (Å²) in [5, 5.41) is 5.11. The van der Waals surface area contributed by atoms with E-state index >= 15 is 0 Å². The van der Waals surface area contributed by atoms with Crippen LogP contribution in [0.2, 0.25) is 5.02 Å². The normalized spacial score (nSPS) is 19.3. The van der Waals surface area contributed by atoms with Crippen LogP contribution in [-0.2, 0) is 22.4 Å². The topological polar surface area (TPSA) is 78.6 Å². The van der Waals surface area contributed by atoms with Gasteiger partial charge in [0.2, 0.25) is 0 Å². The first-order chi connectivity index (χ1) is 18.3. The van der Waals surface area contributed by atoms with Crippen LogP contribution in [0, 0.1) is 5.92 Å². The summed E-state index contributed by atoms with van der Waals surface area (Å²) < 4.78 is 14.3. The van der Waals surface area contributed by atoms with Crippen LogP contribution in [0.15, 0.2) is 47.3 Å². The zero-order valence-electron chi connectivity index (χ0n) is 22.2. The predicted octanol–water partition coefficient (Wildman–Crippen LogP) is 4.25. The maximum absolute atomic E-state index is 13.7. The van der Waals surface area contributed by atoms with E-state index in [9.17, 15) is 9.59 Å². The number of methoxy groups -OCH3 is 1. The number of carbonyl (C=O) groups excluding carboxylic acids is 1. The number of ketones is 1. The Morgan fingerprint density at radius 3 is 2.58 bits per heavy atom. The van der Waals surface area contributed by atoms with E-state index in [1.807, 2.05) is 32.0 Å². The smallest absolute Gasteiger partial charge is 0.355 e. The van der Waals surface area contributed by atoms with E-state index in [4.69, 9.17) is 21.1 Å². The summed E-state index contributed by atoms with van der Waals surface area (Å²) in [5.41, 5.74) is 1.88. The van der Waals surface area contributed by atoms with Gasteiger partial charge in [-0.3, -0.25) is 9.69 Å². The van der Waals surface area contributed by atoms with Gasteiger partial charge in [-0.25, -0.2) is 9.36 Å². The third-order valence-electron chi connectivity index (χ3n) is 7.45. The van der Waals surface area contributed by atoms with E-state index in [0.717, 1.165) is 31.7 Å². The van der Waals surface area contributed by atoms with Gasteiger partial charge in [-0.15, -0.1) is 5.10 Å². The second kappa shape index (κ2) is 11.4. The lowest BCUT2D eigenvalue weighted by Crippen LogP contribution is -2.46. The van der Waals surface area contributed by atoms with Gasteiger partial charge in [0.05, 0.1) is 38.1 Å². The van der Waals surface area contributed by atoms with E-state index in [2.05, 4.69) is 10.00 Å². The summed E-state index contributed by atoms with van der Waals surface area (Å²) in [6.07, 6.45) is 3.72. The van der Waals surface area contributed by atoms with Crippen LogP contribution < -0.4 is 10.4 Å². The van der Waals surface area contributed by atoms with Gasteiger partial charge in [-0.05, 0) is 55.0 Å². The Morgan fingerprint density at radius 2 is 1.89 bits per heavy atom. The van der Waals surface area contributed by atoms with E-state index in [0.29, 0.717) is 46.5 Å². The molecule has 3 aromatic rings. The molecule has 2 bridgehead atoms. The van der Waals surface area contributed by atoms with Crippen molar-refractivity contribution in [3.8, 4) is 17.1 Å². The second-order valence-corrected chi connectivity index (χ2v) is 11.1. The SMILES string of the molecule is COc1cc(-n2nc(CC(=O)CC(C)C)n(-c3cccc(Cl)c3)c2=O)ccc1CCN1C2CCC1COC2. The minimum Gasteiger partial charge on any atom is -0.496 e. The summed E-state index contributed by atoms with van der Waals surface area (Å²) in [5.74, 6) is 1.35. The van der Waals surface area contributed by atoms with Gasteiger partial charge in [0, 0.05) is 36.1 Å². The lowest BCUT2D eigenvalue weighted by molar-refractivity contribution is -0.119. The molecule has 0 amide bonds. The quantitative estimate of drug-likeness (QED) is 0.384. The highest BCUT2D eigenvalue weighted by Gasteiger charge is 2.36. The molecule has 9 heteroatoms. The molecule has 38 heavy (non-hydrogen) atoms. The van der Waals surface area contributed by atoms with Crippen LogP contribution in [0.5, 0.6) is 5.75 Å². The van der Waals surface area contributed by atoms with Gasteiger partial charge in [0.25, 0.3) is 0 Å². The van der Waals surface area contributed by atoms with Crippen molar-refractivity contribution in [1.29, 1.82) is 0 Å². The van der Waals surface area contributed by atoms with Crippen molar-refractivity contribution >= 4 is 17.4 Å². The van der Waals surface area contributed by atoms with Crippen molar-refractivity contribution in [1.82, 2.24) is 19.2 Å². The summed E-state index contributed by atoms with van der Waals surface area (Å²) in [7, 11) is 1.64. The van der Waals surface area contributed by atoms with Crippen LogP contribution in [0.3, 0.4) is 0 Å². The van der Waals surface area contributed by atoms with Crippen LogP contribution in [0.4, 0.5) is 0 Å². The molecule has 3 heterocycles. The van der Waals surface area contributed by atoms with Crippen molar-refractivity contribution in [2.45, 2.75) is 58.0 Å². The molecule has 202 valence electrons. The monoisotopic (exact) mass is 538 g/mol. The number of halogens is 1. The number of rotatable bonds is 10. The average Bonchev–Trinajstić information content (AvgIpc) is 3.31. The van der Waals surface area contributed by atoms with Gasteiger partial charge >= 0.3 is 5.69 Å². The maximum atomic E-state index is 13.7. The fourth-order valence-electron chi connectivity index (χ4n) is 5.67. The summed E-state index contributed by atoms with van der Waals surface area (Å²) in [6, 6.07) is 13.8. The highest BCUT2D eigenvalue weighted by molar-refractivity contribution is 6.30. The van der Waals surface area contributed by atoms with Gasteiger partial charge in [0.1, 0.15) is 17.4 Å². The van der Waals surface area contributed by atoms with Crippen LogP contribution in [0.25, 0.3) is 11.4 Å². The van der Waals surface area contributed by atoms with Gasteiger partial charge in [-0.2, -0.15) is 4.68 Å². The molecule has 1 aromatic heterocycles. The number of morpholine rings is 1. The highest BCUT2D eigenvalue weighted by atomic mass is 35.5. The zero-order chi connectivity index (χ0) is 26.8.